The van der Waals surface area contributed by atoms with E-state index in [4.69, 9.17) is 4.74 Å². The van der Waals surface area contributed by atoms with Gasteiger partial charge in [-0.1, -0.05) is 38.8 Å². The van der Waals surface area contributed by atoms with Crippen LogP contribution in [-0.2, 0) is 9.53 Å². The molecular weight excluding hydrogens is 531 g/mol. The molecule has 1 aromatic heterocycles. The number of fused-ring (bicyclic) bond motifs is 3. The smallest absolute Gasteiger partial charge is 0.341 e. The molecule has 1 aliphatic rings. The maximum atomic E-state index is 13.3. The van der Waals surface area contributed by atoms with E-state index in [2.05, 4.69) is 36.8 Å². The Labute approximate surface area is 195 Å². The highest BCUT2D eigenvalue weighted by molar-refractivity contribution is 9.11. The molecule has 1 N–H and O–H groups in total. The number of rotatable bonds is 3. The number of carbonyl (C=O) groups is 2. The number of carbonyl (C=O) groups excluding carboxylic acids is 2. The van der Waals surface area contributed by atoms with E-state index in [1.807, 2.05) is 19.1 Å². The molecule has 1 unspecified atom stereocenters. The van der Waals surface area contributed by atoms with Crippen LogP contribution in [0.2, 0.25) is 0 Å². The fourth-order valence-corrected chi connectivity index (χ4v) is 5.34. The molecule has 3 aromatic rings. The number of aromatic nitrogens is 1. The van der Waals surface area contributed by atoms with Gasteiger partial charge in [0.2, 0.25) is 0 Å². The summed E-state index contributed by atoms with van der Waals surface area (Å²) in [6.07, 6.45) is 1.53. The van der Waals surface area contributed by atoms with Crippen molar-refractivity contribution in [1.82, 2.24) is 9.88 Å². The van der Waals surface area contributed by atoms with E-state index >= 15 is 0 Å². The Kier molecular flexibility index (Phi) is 6.03. The van der Waals surface area contributed by atoms with Crippen molar-refractivity contribution in [3.05, 3.63) is 74.2 Å². The number of hydrogen-bond acceptors (Lipinski definition) is 3. The van der Waals surface area contributed by atoms with Crippen molar-refractivity contribution in [1.29, 1.82) is 0 Å². The maximum Gasteiger partial charge on any atom is 0.341 e. The zero-order valence-corrected chi connectivity index (χ0v) is 20.0. The predicted molar refractivity (Wildman–Crippen MR) is 124 cm³/mol. The molecule has 2 heterocycles. The summed E-state index contributed by atoms with van der Waals surface area (Å²) >= 11 is 7.13. The minimum Gasteiger partial charge on any atom is -0.462 e. The van der Waals surface area contributed by atoms with Crippen LogP contribution in [0.15, 0.2) is 51.5 Å². The minimum atomic E-state index is -0.517. The lowest BCUT2D eigenvalue weighted by atomic mass is 9.96. The van der Waals surface area contributed by atoms with Gasteiger partial charge in [0.15, 0.2) is 0 Å². The largest absolute Gasteiger partial charge is 0.462 e. The maximum absolute atomic E-state index is 13.3. The van der Waals surface area contributed by atoms with Crippen LogP contribution in [0.4, 0.5) is 4.39 Å². The average molecular weight is 550 g/mol. The van der Waals surface area contributed by atoms with Crippen LogP contribution < -0.4 is 0 Å². The first-order valence-electron chi connectivity index (χ1n) is 9.76. The molecule has 5 nitrogen and oxygen atoms in total. The molecule has 8 heteroatoms. The average Bonchev–Trinajstić information content (AvgIpc) is 3.03. The third kappa shape index (κ3) is 4.06. The topological polar surface area (TPSA) is 62.4 Å². The molecule has 1 atom stereocenters. The van der Waals surface area contributed by atoms with Crippen molar-refractivity contribution >= 4 is 60.2 Å². The van der Waals surface area contributed by atoms with E-state index in [1.54, 1.807) is 6.92 Å². The van der Waals surface area contributed by atoms with Crippen LogP contribution in [0.1, 0.15) is 41.4 Å². The normalized spacial score (nSPS) is 16.0. The Hall–Kier alpha value is -2.45. The Morgan fingerprint density at radius 2 is 1.94 bits per heavy atom. The van der Waals surface area contributed by atoms with Crippen LogP contribution in [0, 0.1) is 5.82 Å². The summed E-state index contributed by atoms with van der Waals surface area (Å²) < 4.78 is 20.4. The molecule has 160 valence electrons. The molecule has 0 saturated heterocycles. The Balaban J connectivity index is 1.88. The summed E-state index contributed by atoms with van der Waals surface area (Å²) in [5, 5.41) is 0.956. The van der Waals surface area contributed by atoms with Gasteiger partial charge in [-0.2, -0.15) is 0 Å². The summed E-state index contributed by atoms with van der Waals surface area (Å²) in [7, 11) is 0. The van der Waals surface area contributed by atoms with Gasteiger partial charge in [-0.15, -0.1) is 0 Å². The van der Waals surface area contributed by atoms with Crippen LogP contribution in [0.3, 0.4) is 0 Å². The van der Waals surface area contributed by atoms with Gasteiger partial charge in [-0.25, -0.2) is 9.18 Å². The highest BCUT2D eigenvalue weighted by atomic mass is 79.9. The molecule has 0 spiro atoms. The second-order valence-electron chi connectivity index (χ2n) is 7.35. The van der Waals surface area contributed by atoms with E-state index in [0.717, 1.165) is 25.4 Å². The Bertz CT molecular complexity index is 1220. The molecule has 0 bridgehead atoms. The van der Waals surface area contributed by atoms with Crippen LogP contribution in [-0.4, -0.2) is 34.9 Å². The zero-order valence-electron chi connectivity index (χ0n) is 16.8. The lowest BCUT2D eigenvalue weighted by Crippen LogP contribution is -2.29. The fourth-order valence-electron chi connectivity index (χ4n) is 3.90. The first kappa shape index (κ1) is 21.8. The van der Waals surface area contributed by atoms with Crippen LogP contribution in [0.25, 0.3) is 16.5 Å². The van der Waals surface area contributed by atoms with Crippen LogP contribution >= 0.6 is 31.9 Å². The Morgan fingerprint density at radius 1 is 1.23 bits per heavy atom. The fraction of sp³-hybridized carbons (Fsp3) is 0.217. The van der Waals surface area contributed by atoms with Gasteiger partial charge in [-0.3, -0.25) is 4.79 Å². The molecule has 0 radical (unpaired) electrons. The summed E-state index contributed by atoms with van der Waals surface area (Å²) in [5.74, 6) is -1.34. The first-order valence-corrected chi connectivity index (χ1v) is 11.3. The first-order chi connectivity index (χ1) is 14.8. The molecule has 1 aliphatic heterocycles. The van der Waals surface area contributed by atoms with Gasteiger partial charge < -0.3 is 14.6 Å². The van der Waals surface area contributed by atoms with Gasteiger partial charge in [0.1, 0.15) is 5.82 Å². The van der Waals surface area contributed by atoms with E-state index in [0.29, 0.717) is 17.8 Å². The molecule has 2 aromatic carbocycles. The van der Waals surface area contributed by atoms with Crippen molar-refractivity contribution in [2.24, 2.45) is 0 Å². The molecule has 0 fully saturated rings. The summed E-state index contributed by atoms with van der Waals surface area (Å²) in [4.78, 5) is 30.9. The molecule has 0 saturated carbocycles. The van der Waals surface area contributed by atoms with Crippen molar-refractivity contribution in [2.45, 2.75) is 19.8 Å². The van der Waals surface area contributed by atoms with E-state index in [-0.39, 0.29) is 24.0 Å². The van der Waals surface area contributed by atoms with Crippen molar-refractivity contribution in [2.75, 3.05) is 13.2 Å². The second-order valence-corrected chi connectivity index (χ2v) is 9.12. The van der Waals surface area contributed by atoms with E-state index < -0.39 is 11.8 Å². The number of amides is 1. The zero-order chi connectivity index (χ0) is 22.3. The SMILES string of the molecule is CCOC(=O)C1=CN(C(=O)c2ccc(F)cc2)CC(C)c2c1[nH]c1cc(Br)cc(Br)c21. The van der Waals surface area contributed by atoms with E-state index in [1.165, 1.54) is 35.4 Å². The van der Waals surface area contributed by atoms with Gasteiger partial charge >= 0.3 is 5.97 Å². The number of ether oxygens (including phenoxy) is 1. The quantitative estimate of drug-likeness (QED) is 0.408. The number of nitrogens with one attached hydrogen (secondary N) is 1. The monoisotopic (exact) mass is 548 g/mol. The van der Waals surface area contributed by atoms with Crippen LogP contribution in [0.5, 0.6) is 0 Å². The predicted octanol–water partition coefficient (Wildman–Crippen LogP) is 6.00. The summed E-state index contributed by atoms with van der Waals surface area (Å²) in [6.45, 7) is 4.30. The van der Waals surface area contributed by atoms with Gasteiger partial charge in [-0.05, 0) is 48.9 Å². The van der Waals surface area contributed by atoms with Crippen molar-refractivity contribution in [3.63, 3.8) is 0 Å². The molecule has 1 amide bonds. The van der Waals surface area contributed by atoms with Gasteiger partial charge in [0.25, 0.3) is 5.91 Å². The summed E-state index contributed by atoms with van der Waals surface area (Å²) in [6, 6.07) is 9.27. The highest BCUT2D eigenvalue weighted by Crippen LogP contribution is 2.41. The summed E-state index contributed by atoms with van der Waals surface area (Å²) in [5.41, 5.74) is 3.05. The molecule has 31 heavy (non-hydrogen) atoms. The number of aromatic amines is 1. The minimum absolute atomic E-state index is 0.0891. The lowest BCUT2D eigenvalue weighted by molar-refractivity contribution is -0.136. The number of halogens is 3. The third-order valence-electron chi connectivity index (χ3n) is 5.22. The number of esters is 1. The van der Waals surface area contributed by atoms with Gasteiger partial charge in [0.05, 0.1) is 17.9 Å². The highest BCUT2D eigenvalue weighted by Gasteiger charge is 2.32. The van der Waals surface area contributed by atoms with Crippen molar-refractivity contribution in [3.8, 4) is 0 Å². The number of hydrogen-bond donors (Lipinski definition) is 1. The number of benzene rings is 2. The number of nitrogens with zero attached hydrogens (tertiary/aromatic N) is 1. The lowest BCUT2D eigenvalue weighted by Gasteiger charge is -2.21. The molecular formula is C23H19Br2FN2O3. The van der Waals surface area contributed by atoms with E-state index in [9.17, 15) is 14.0 Å². The third-order valence-corrected chi connectivity index (χ3v) is 6.30. The molecule has 4 rings (SSSR count). The molecule has 0 aliphatic carbocycles. The second kappa shape index (κ2) is 8.59. The number of H-pyrrole nitrogens is 1. The van der Waals surface area contributed by atoms with Crippen molar-refractivity contribution < 1.29 is 18.7 Å². The van der Waals surface area contributed by atoms with Gasteiger partial charge in [0, 0.05) is 44.1 Å². The standard InChI is InChI=1S/C23H19Br2FN2O3/c1-3-31-23(30)16-11-28(22(29)13-4-6-15(26)7-5-13)10-12(2)19-20-17(25)8-14(24)9-18(20)27-21(16)19/h4-9,11-12,27H,3,10H2,1-2H3. The Morgan fingerprint density at radius 3 is 2.61 bits per heavy atom.